The van der Waals surface area contributed by atoms with Crippen LogP contribution in [0, 0.1) is 0 Å². The van der Waals surface area contributed by atoms with Crippen molar-refractivity contribution in [1.29, 1.82) is 0 Å². The minimum absolute atomic E-state index is 0. The van der Waals surface area contributed by atoms with E-state index in [4.69, 9.17) is 0 Å². The van der Waals surface area contributed by atoms with E-state index in [1.54, 1.807) is 0 Å². The molecular formula is C7H13LiSi. The molecule has 1 rings (SSSR count). The standard InChI is InChI=1S/C7H12Si.Li.H/c1-6-4-3-5-7(6,2)8;;/h3-5H,1-2,8H3;;. The first-order valence-electron chi connectivity index (χ1n) is 2.99. The van der Waals surface area contributed by atoms with Crippen LogP contribution in [-0.2, 0) is 0 Å². The molecule has 1 aliphatic carbocycles. The van der Waals surface area contributed by atoms with Crippen molar-refractivity contribution in [2.45, 2.75) is 18.9 Å². The molecule has 9 heavy (non-hydrogen) atoms. The Labute approximate surface area is 72.0 Å². The van der Waals surface area contributed by atoms with Crippen molar-refractivity contribution in [3.63, 3.8) is 0 Å². The van der Waals surface area contributed by atoms with Gasteiger partial charge in [0.2, 0.25) is 0 Å². The molecule has 0 N–H and O–H groups in total. The van der Waals surface area contributed by atoms with Crippen LogP contribution in [0.4, 0.5) is 0 Å². The van der Waals surface area contributed by atoms with Gasteiger partial charge in [0.05, 0.1) is 0 Å². The Morgan fingerprint density at radius 3 is 2.22 bits per heavy atom. The maximum absolute atomic E-state index is 2.29. The van der Waals surface area contributed by atoms with Gasteiger partial charge in [-0.05, 0) is 12.0 Å². The second-order valence-electron chi connectivity index (χ2n) is 2.93. The number of allylic oxidation sites excluding steroid dienone is 4. The van der Waals surface area contributed by atoms with E-state index < -0.39 is 0 Å². The van der Waals surface area contributed by atoms with Crippen LogP contribution in [0.15, 0.2) is 23.8 Å². The zero-order valence-electron chi connectivity index (χ0n) is 5.73. The number of rotatable bonds is 0. The first kappa shape index (κ1) is 9.29. The molecule has 0 aliphatic heterocycles. The van der Waals surface area contributed by atoms with Gasteiger partial charge in [0.25, 0.3) is 0 Å². The normalized spacial score (nSPS) is 32.0. The molecule has 0 spiro atoms. The molecule has 0 bridgehead atoms. The third-order valence-electron chi connectivity index (χ3n) is 1.88. The first-order valence-corrected chi connectivity index (χ1v) is 3.99. The average molecular weight is 132 g/mol. The SMILES string of the molecule is CC1=CC=CC1(C)[SiH3].[LiH]. The molecule has 0 aromatic heterocycles. The van der Waals surface area contributed by atoms with Crippen LogP contribution in [0.1, 0.15) is 13.8 Å². The van der Waals surface area contributed by atoms with Crippen molar-refractivity contribution in [2.24, 2.45) is 0 Å². The molecule has 0 fully saturated rings. The zero-order chi connectivity index (χ0) is 6.20. The van der Waals surface area contributed by atoms with Crippen molar-refractivity contribution >= 4 is 29.1 Å². The Bertz CT molecular complexity index is 156. The Kier molecular flexibility index (Phi) is 3.02. The molecule has 0 nitrogen and oxygen atoms in total. The molecule has 0 radical (unpaired) electrons. The van der Waals surface area contributed by atoms with Crippen LogP contribution < -0.4 is 0 Å². The van der Waals surface area contributed by atoms with Gasteiger partial charge in [-0.2, -0.15) is 0 Å². The van der Waals surface area contributed by atoms with E-state index in [-0.39, 0.29) is 18.9 Å². The van der Waals surface area contributed by atoms with E-state index in [0.717, 1.165) is 0 Å². The van der Waals surface area contributed by atoms with Crippen LogP contribution >= 0.6 is 0 Å². The summed E-state index contributed by atoms with van der Waals surface area (Å²) in [5.41, 5.74) is 1.52. The predicted octanol–water partition coefficient (Wildman–Crippen LogP) is 0.398. The molecule has 0 amide bonds. The van der Waals surface area contributed by atoms with E-state index in [1.807, 2.05) is 0 Å². The summed E-state index contributed by atoms with van der Waals surface area (Å²) >= 11 is 0. The summed E-state index contributed by atoms with van der Waals surface area (Å²) in [6.45, 7) is 4.49. The molecule has 0 saturated carbocycles. The van der Waals surface area contributed by atoms with E-state index >= 15 is 0 Å². The van der Waals surface area contributed by atoms with Crippen LogP contribution in [0.2, 0.25) is 5.04 Å². The van der Waals surface area contributed by atoms with Gasteiger partial charge in [0.15, 0.2) is 0 Å². The fourth-order valence-corrected chi connectivity index (χ4v) is 1.14. The molecule has 1 unspecified atom stereocenters. The Hall–Kier alpha value is 0.294. The fourth-order valence-electron chi connectivity index (χ4n) is 0.779. The Balaban J connectivity index is 0.000000640. The number of hydrogen-bond acceptors (Lipinski definition) is 0. The second kappa shape index (κ2) is 2.92. The molecule has 0 heterocycles. The zero-order valence-corrected chi connectivity index (χ0v) is 7.73. The average Bonchev–Trinajstić information content (AvgIpc) is 1.86. The van der Waals surface area contributed by atoms with Gasteiger partial charge >= 0.3 is 18.9 Å². The minimum atomic E-state index is 0. The summed E-state index contributed by atoms with van der Waals surface area (Å²) in [7, 11) is 1.24. The number of hydrogen-bond donors (Lipinski definition) is 0. The van der Waals surface area contributed by atoms with Crippen molar-refractivity contribution < 1.29 is 0 Å². The Morgan fingerprint density at radius 2 is 2.11 bits per heavy atom. The summed E-state index contributed by atoms with van der Waals surface area (Å²) in [5, 5.41) is 0.472. The van der Waals surface area contributed by atoms with E-state index in [9.17, 15) is 0 Å². The molecule has 0 aromatic rings. The summed E-state index contributed by atoms with van der Waals surface area (Å²) < 4.78 is 0. The van der Waals surface area contributed by atoms with Gasteiger partial charge in [-0.3, -0.25) is 0 Å². The van der Waals surface area contributed by atoms with Gasteiger partial charge in [0.1, 0.15) is 0 Å². The van der Waals surface area contributed by atoms with Gasteiger partial charge in [0, 0.05) is 10.2 Å². The van der Waals surface area contributed by atoms with Crippen molar-refractivity contribution in [1.82, 2.24) is 0 Å². The second-order valence-corrected chi connectivity index (χ2v) is 5.01. The van der Waals surface area contributed by atoms with Crippen LogP contribution in [-0.4, -0.2) is 29.1 Å². The van der Waals surface area contributed by atoms with Crippen molar-refractivity contribution in [3.05, 3.63) is 23.8 Å². The fraction of sp³-hybridized carbons (Fsp3) is 0.429. The van der Waals surface area contributed by atoms with Gasteiger partial charge in [-0.1, -0.05) is 30.7 Å². The van der Waals surface area contributed by atoms with Crippen LogP contribution in [0.3, 0.4) is 0 Å². The molecule has 1 aliphatic rings. The monoisotopic (exact) mass is 132 g/mol. The van der Waals surface area contributed by atoms with Gasteiger partial charge in [-0.15, -0.1) is 0 Å². The molecule has 2 heteroatoms. The van der Waals surface area contributed by atoms with Crippen molar-refractivity contribution in [2.75, 3.05) is 0 Å². The third-order valence-corrected chi connectivity index (χ3v) is 3.00. The third kappa shape index (κ3) is 1.86. The molecule has 1 atom stereocenters. The van der Waals surface area contributed by atoms with Crippen molar-refractivity contribution in [3.8, 4) is 0 Å². The topological polar surface area (TPSA) is 0 Å². The van der Waals surface area contributed by atoms with Crippen LogP contribution in [0.5, 0.6) is 0 Å². The molecule has 0 aromatic carbocycles. The van der Waals surface area contributed by atoms with E-state index in [2.05, 4.69) is 32.1 Å². The van der Waals surface area contributed by atoms with Gasteiger partial charge < -0.3 is 0 Å². The van der Waals surface area contributed by atoms with Crippen LogP contribution in [0.25, 0.3) is 0 Å². The molecule has 46 valence electrons. The molecule has 0 saturated heterocycles. The summed E-state index contributed by atoms with van der Waals surface area (Å²) in [5.74, 6) is 0. The first-order chi connectivity index (χ1) is 3.63. The van der Waals surface area contributed by atoms with E-state index in [1.165, 1.54) is 15.8 Å². The summed E-state index contributed by atoms with van der Waals surface area (Å²) in [6, 6.07) is 0. The maximum atomic E-state index is 2.29. The van der Waals surface area contributed by atoms with Gasteiger partial charge in [-0.25, -0.2) is 0 Å². The van der Waals surface area contributed by atoms with E-state index in [0.29, 0.717) is 5.04 Å². The Morgan fingerprint density at radius 1 is 1.56 bits per heavy atom. The molecular weight excluding hydrogens is 119 g/mol. The summed E-state index contributed by atoms with van der Waals surface area (Å²) in [6.07, 6.45) is 6.64. The quantitative estimate of drug-likeness (QED) is 0.418. The predicted molar refractivity (Wildman–Crippen MR) is 48.4 cm³/mol. The summed E-state index contributed by atoms with van der Waals surface area (Å²) in [4.78, 5) is 0.